The Balaban J connectivity index is 2.33. The fourth-order valence-corrected chi connectivity index (χ4v) is 1.61. The maximum absolute atomic E-state index is 9.06. The number of hydrogen-bond donors (Lipinski definition) is 2. The first-order chi connectivity index (χ1) is 6.72. The molecule has 1 aromatic rings. The Morgan fingerprint density at radius 3 is 2.57 bits per heavy atom. The van der Waals surface area contributed by atoms with Crippen LogP contribution in [0.15, 0.2) is 18.2 Å². The second kappa shape index (κ2) is 3.63. The van der Waals surface area contributed by atoms with Crippen LogP contribution in [0.2, 0.25) is 0 Å². The summed E-state index contributed by atoms with van der Waals surface area (Å²) in [5.74, 6) is 1.21. The smallest absolute Gasteiger partial charge is 0.492 e. The van der Waals surface area contributed by atoms with E-state index in [-0.39, 0.29) is 0 Å². The van der Waals surface area contributed by atoms with Crippen molar-refractivity contribution in [1.82, 2.24) is 0 Å². The maximum Gasteiger partial charge on any atom is 0.492 e. The van der Waals surface area contributed by atoms with E-state index in [0.29, 0.717) is 17.1 Å². The van der Waals surface area contributed by atoms with Crippen LogP contribution in [0.25, 0.3) is 0 Å². The molecule has 2 rings (SSSR count). The summed E-state index contributed by atoms with van der Waals surface area (Å²) in [4.78, 5) is 0. The van der Waals surface area contributed by atoms with Crippen molar-refractivity contribution in [2.45, 2.75) is 18.8 Å². The fraction of sp³-hybridized carbons (Fsp3) is 0.400. The minimum Gasteiger partial charge on any atom is -0.497 e. The van der Waals surface area contributed by atoms with E-state index in [1.807, 2.05) is 12.1 Å². The SMILES string of the molecule is COc1cc(C2CC2)ccc1B(O)O. The van der Waals surface area contributed by atoms with Crippen molar-refractivity contribution in [1.29, 1.82) is 0 Å². The van der Waals surface area contributed by atoms with E-state index in [9.17, 15) is 0 Å². The van der Waals surface area contributed by atoms with Crippen molar-refractivity contribution in [2.75, 3.05) is 7.11 Å². The van der Waals surface area contributed by atoms with Gasteiger partial charge in [-0.15, -0.1) is 0 Å². The van der Waals surface area contributed by atoms with Crippen LogP contribution in [-0.2, 0) is 0 Å². The Morgan fingerprint density at radius 2 is 2.07 bits per heavy atom. The Bertz CT molecular complexity index is 334. The van der Waals surface area contributed by atoms with Crippen LogP contribution < -0.4 is 10.2 Å². The first kappa shape index (κ1) is 9.56. The molecule has 0 heterocycles. The summed E-state index contributed by atoms with van der Waals surface area (Å²) in [7, 11) is 0.0796. The lowest BCUT2D eigenvalue weighted by molar-refractivity contribution is 0.403. The van der Waals surface area contributed by atoms with Gasteiger partial charge in [-0.25, -0.2) is 0 Å². The molecule has 1 aliphatic rings. The van der Waals surface area contributed by atoms with E-state index < -0.39 is 7.12 Å². The van der Waals surface area contributed by atoms with Crippen molar-refractivity contribution < 1.29 is 14.8 Å². The Labute approximate surface area is 83.5 Å². The van der Waals surface area contributed by atoms with E-state index in [1.165, 1.54) is 25.5 Å². The normalized spacial score (nSPS) is 15.4. The highest BCUT2D eigenvalue weighted by molar-refractivity contribution is 6.59. The highest BCUT2D eigenvalue weighted by Crippen LogP contribution is 2.40. The van der Waals surface area contributed by atoms with Gasteiger partial charge in [-0.1, -0.05) is 12.1 Å². The van der Waals surface area contributed by atoms with Crippen LogP contribution in [0, 0.1) is 0 Å². The molecule has 0 bridgehead atoms. The molecule has 14 heavy (non-hydrogen) atoms. The van der Waals surface area contributed by atoms with Gasteiger partial charge in [0.25, 0.3) is 0 Å². The molecule has 0 saturated heterocycles. The van der Waals surface area contributed by atoms with Gasteiger partial charge in [0.2, 0.25) is 0 Å². The summed E-state index contributed by atoms with van der Waals surface area (Å²) < 4.78 is 5.11. The maximum atomic E-state index is 9.06. The van der Waals surface area contributed by atoms with Crippen LogP contribution in [0.3, 0.4) is 0 Å². The zero-order valence-corrected chi connectivity index (χ0v) is 8.10. The largest absolute Gasteiger partial charge is 0.497 e. The van der Waals surface area contributed by atoms with Crippen LogP contribution in [0.5, 0.6) is 5.75 Å². The molecule has 1 saturated carbocycles. The molecule has 1 fully saturated rings. The molecule has 0 radical (unpaired) electrons. The summed E-state index contributed by atoms with van der Waals surface area (Å²) in [6.45, 7) is 0. The van der Waals surface area contributed by atoms with E-state index in [1.54, 1.807) is 6.07 Å². The highest BCUT2D eigenvalue weighted by Gasteiger charge is 2.25. The van der Waals surface area contributed by atoms with Crippen molar-refractivity contribution in [3.63, 3.8) is 0 Å². The van der Waals surface area contributed by atoms with Gasteiger partial charge in [-0.05, 0) is 30.4 Å². The van der Waals surface area contributed by atoms with Crippen molar-refractivity contribution >= 4 is 12.6 Å². The molecule has 0 amide bonds. The molecule has 4 heteroatoms. The third-order valence-corrected chi connectivity index (χ3v) is 2.58. The quantitative estimate of drug-likeness (QED) is 0.675. The number of rotatable bonds is 3. The molecule has 1 aromatic carbocycles. The molecule has 0 aliphatic heterocycles. The van der Waals surface area contributed by atoms with E-state index in [0.717, 1.165) is 0 Å². The lowest BCUT2D eigenvalue weighted by atomic mass is 9.79. The Morgan fingerprint density at radius 1 is 1.36 bits per heavy atom. The average Bonchev–Trinajstić information content (AvgIpc) is 3.00. The monoisotopic (exact) mass is 192 g/mol. The average molecular weight is 192 g/mol. The Kier molecular flexibility index (Phi) is 2.48. The molecular formula is C10H13BO3. The van der Waals surface area contributed by atoms with Gasteiger partial charge in [0.1, 0.15) is 5.75 Å². The van der Waals surface area contributed by atoms with Gasteiger partial charge in [0, 0.05) is 5.46 Å². The van der Waals surface area contributed by atoms with Gasteiger partial charge in [-0.2, -0.15) is 0 Å². The molecule has 0 unspecified atom stereocenters. The standard InChI is InChI=1S/C10H13BO3/c1-14-10-6-8(7-2-3-7)4-5-9(10)11(12)13/h4-7,12-13H,2-3H2,1H3. The van der Waals surface area contributed by atoms with Crippen molar-refractivity contribution in [2.24, 2.45) is 0 Å². The van der Waals surface area contributed by atoms with Gasteiger partial charge >= 0.3 is 7.12 Å². The molecule has 0 atom stereocenters. The summed E-state index contributed by atoms with van der Waals surface area (Å²) in [5, 5.41) is 18.1. The topological polar surface area (TPSA) is 49.7 Å². The van der Waals surface area contributed by atoms with E-state index >= 15 is 0 Å². The van der Waals surface area contributed by atoms with Crippen LogP contribution in [0.4, 0.5) is 0 Å². The lowest BCUT2D eigenvalue weighted by Crippen LogP contribution is -2.31. The van der Waals surface area contributed by atoms with E-state index in [2.05, 4.69) is 0 Å². The molecule has 0 aromatic heterocycles. The first-order valence-electron chi connectivity index (χ1n) is 4.76. The lowest BCUT2D eigenvalue weighted by Gasteiger charge is -2.09. The molecule has 2 N–H and O–H groups in total. The summed E-state index contributed by atoms with van der Waals surface area (Å²) in [6, 6.07) is 5.55. The molecule has 74 valence electrons. The van der Waals surface area contributed by atoms with Gasteiger partial charge < -0.3 is 14.8 Å². The predicted molar refractivity (Wildman–Crippen MR) is 54.8 cm³/mol. The predicted octanol–water partition coefficient (Wildman–Crippen LogP) is 0.252. The second-order valence-corrected chi connectivity index (χ2v) is 3.65. The van der Waals surface area contributed by atoms with E-state index in [4.69, 9.17) is 14.8 Å². The minimum atomic E-state index is -1.46. The van der Waals surface area contributed by atoms with Crippen molar-refractivity contribution in [3.8, 4) is 5.75 Å². The third kappa shape index (κ3) is 1.76. The molecular weight excluding hydrogens is 179 g/mol. The first-order valence-corrected chi connectivity index (χ1v) is 4.76. The number of hydrogen-bond acceptors (Lipinski definition) is 3. The van der Waals surface area contributed by atoms with Crippen LogP contribution in [0.1, 0.15) is 24.3 Å². The summed E-state index contributed by atoms with van der Waals surface area (Å²) in [5.41, 5.74) is 1.66. The summed E-state index contributed by atoms with van der Waals surface area (Å²) >= 11 is 0. The number of ether oxygens (including phenoxy) is 1. The van der Waals surface area contributed by atoms with Crippen LogP contribution in [-0.4, -0.2) is 24.3 Å². The minimum absolute atomic E-state index is 0.428. The number of methoxy groups -OCH3 is 1. The molecule has 3 nitrogen and oxygen atoms in total. The molecule has 0 spiro atoms. The van der Waals surface area contributed by atoms with Gasteiger partial charge in [0.05, 0.1) is 7.11 Å². The zero-order valence-electron chi connectivity index (χ0n) is 8.10. The van der Waals surface area contributed by atoms with Gasteiger partial charge in [0.15, 0.2) is 0 Å². The fourth-order valence-electron chi connectivity index (χ4n) is 1.61. The zero-order chi connectivity index (χ0) is 10.1. The van der Waals surface area contributed by atoms with Crippen molar-refractivity contribution in [3.05, 3.63) is 23.8 Å². The third-order valence-electron chi connectivity index (χ3n) is 2.58. The number of benzene rings is 1. The highest BCUT2D eigenvalue weighted by atomic mass is 16.5. The van der Waals surface area contributed by atoms with Crippen LogP contribution >= 0.6 is 0 Å². The summed E-state index contributed by atoms with van der Waals surface area (Å²) in [6.07, 6.45) is 2.45. The molecule has 1 aliphatic carbocycles. The Hall–Kier alpha value is -0.995. The second-order valence-electron chi connectivity index (χ2n) is 3.65. The van der Waals surface area contributed by atoms with Gasteiger partial charge in [-0.3, -0.25) is 0 Å².